The van der Waals surface area contributed by atoms with Crippen LogP contribution in [0.5, 0.6) is 0 Å². The van der Waals surface area contributed by atoms with E-state index in [1.54, 1.807) is 17.8 Å². The van der Waals surface area contributed by atoms with Gasteiger partial charge < -0.3 is 5.11 Å². The van der Waals surface area contributed by atoms with E-state index >= 15 is 0 Å². The molecule has 0 aliphatic carbocycles. The first kappa shape index (κ1) is 12.5. The first-order chi connectivity index (χ1) is 8.29. The molecule has 0 atom stereocenters. The van der Waals surface area contributed by atoms with Crippen LogP contribution in [-0.4, -0.2) is 5.11 Å². The molecule has 0 bridgehead atoms. The van der Waals surface area contributed by atoms with Crippen molar-refractivity contribution < 1.29 is 5.11 Å². The molecule has 1 nitrogen and oxygen atoms in total. The van der Waals surface area contributed by atoms with Gasteiger partial charge in [0.05, 0.1) is 6.61 Å². The average Bonchev–Trinajstić information content (AvgIpc) is 2.38. The lowest BCUT2D eigenvalue weighted by Gasteiger charge is -2.07. The predicted molar refractivity (Wildman–Crippen MR) is 73.4 cm³/mol. The van der Waals surface area contributed by atoms with Gasteiger partial charge in [0.25, 0.3) is 0 Å². The molecule has 0 radical (unpaired) electrons. The van der Waals surface area contributed by atoms with Crippen LogP contribution in [0, 0.1) is 0 Å². The van der Waals surface area contributed by atoms with E-state index in [2.05, 4.69) is 12.1 Å². The number of thioether (sulfide) groups is 1. The van der Waals surface area contributed by atoms with E-state index in [0.717, 1.165) is 16.2 Å². The van der Waals surface area contributed by atoms with Crippen molar-refractivity contribution in [2.75, 3.05) is 0 Å². The van der Waals surface area contributed by atoms with Gasteiger partial charge in [0.15, 0.2) is 0 Å². The Kier molecular flexibility index (Phi) is 4.49. The summed E-state index contributed by atoms with van der Waals surface area (Å²) in [4.78, 5) is 1.05. The molecule has 0 saturated heterocycles. The van der Waals surface area contributed by atoms with Gasteiger partial charge in [-0.3, -0.25) is 0 Å². The monoisotopic (exact) mass is 264 g/mol. The summed E-state index contributed by atoms with van der Waals surface area (Å²) >= 11 is 7.66. The van der Waals surface area contributed by atoms with Gasteiger partial charge in [-0.15, -0.1) is 11.8 Å². The highest BCUT2D eigenvalue weighted by atomic mass is 35.5. The second-order valence-corrected chi connectivity index (χ2v) is 5.14. The Balaban J connectivity index is 2.11. The predicted octanol–water partition coefficient (Wildman–Crippen LogP) is 4.12. The first-order valence-electron chi connectivity index (χ1n) is 5.35. The molecule has 0 heterocycles. The number of halogens is 1. The van der Waals surface area contributed by atoms with Crippen LogP contribution in [0.25, 0.3) is 0 Å². The maximum absolute atomic E-state index is 9.25. The molecule has 0 unspecified atom stereocenters. The largest absolute Gasteiger partial charge is 0.392 e. The fraction of sp³-hybridized carbons (Fsp3) is 0.143. The number of hydrogen-bond donors (Lipinski definition) is 1. The highest BCUT2D eigenvalue weighted by Gasteiger charge is 2.03. The van der Waals surface area contributed by atoms with Crippen molar-refractivity contribution in [3.63, 3.8) is 0 Å². The third-order valence-electron chi connectivity index (χ3n) is 2.44. The minimum absolute atomic E-state index is 0.0499. The van der Waals surface area contributed by atoms with Crippen LogP contribution < -0.4 is 0 Å². The van der Waals surface area contributed by atoms with Gasteiger partial charge in [-0.1, -0.05) is 48.0 Å². The van der Waals surface area contributed by atoms with Crippen LogP contribution in [0.1, 0.15) is 11.1 Å². The molecular formula is C14H13ClOS. The maximum Gasteiger partial charge on any atom is 0.0692 e. The number of hydrogen-bond acceptors (Lipinski definition) is 2. The van der Waals surface area contributed by atoms with Crippen molar-refractivity contribution in [3.8, 4) is 0 Å². The van der Waals surface area contributed by atoms with Crippen molar-refractivity contribution in [1.29, 1.82) is 0 Å². The molecule has 2 aromatic carbocycles. The van der Waals surface area contributed by atoms with Crippen LogP contribution in [0.3, 0.4) is 0 Å². The first-order valence-corrected chi connectivity index (χ1v) is 6.72. The Morgan fingerprint density at radius 2 is 1.82 bits per heavy atom. The topological polar surface area (TPSA) is 20.2 Å². The third-order valence-corrected chi connectivity index (χ3v) is 3.84. The van der Waals surface area contributed by atoms with E-state index in [0.29, 0.717) is 5.02 Å². The molecule has 0 fully saturated rings. The number of benzene rings is 2. The molecule has 0 spiro atoms. The Hall–Kier alpha value is -0.960. The van der Waals surface area contributed by atoms with Gasteiger partial charge in [0.2, 0.25) is 0 Å². The zero-order valence-electron chi connectivity index (χ0n) is 9.27. The summed E-state index contributed by atoms with van der Waals surface area (Å²) in [6.07, 6.45) is 0. The molecule has 1 N–H and O–H groups in total. The van der Waals surface area contributed by atoms with Gasteiger partial charge in [-0.2, -0.15) is 0 Å². The fourth-order valence-corrected chi connectivity index (χ4v) is 2.81. The van der Waals surface area contributed by atoms with E-state index in [1.165, 1.54) is 5.56 Å². The zero-order valence-corrected chi connectivity index (χ0v) is 10.8. The Morgan fingerprint density at radius 1 is 1.06 bits per heavy atom. The molecular weight excluding hydrogens is 252 g/mol. The van der Waals surface area contributed by atoms with E-state index in [9.17, 15) is 5.11 Å². The molecule has 88 valence electrons. The van der Waals surface area contributed by atoms with E-state index in [4.69, 9.17) is 11.6 Å². The van der Waals surface area contributed by atoms with Crippen molar-refractivity contribution in [1.82, 2.24) is 0 Å². The van der Waals surface area contributed by atoms with E-state index < -0.39 is 0 Å². The Labute approximate surface area is 110 Å². The molecule has 0 aliphatic heterocycles. The quantitative estimate of drug-likeness (QED) is 0.838. The van der Waals surface area contributed by atoms with Gasteiger partial charge in [-0.25, -0.2) is 0 Å². The number of aliphatic hydroxyl groups is 1. The summed E-state index contributed by atoms with van der Waals surface area (Å²) in [6, 6.07) is 15.8. The van der Waals surface area contributed by atoms with Crippen molar-refractivity contribution in [2.24, 2.45) is 0 Å². The standard InChI is InChI=1S/C14H13ClOS/c15-13-7-6-12(9-16)14(8-13)17-10-11-4-2-1-3-5-11/h1-8,16H,9-10H2. The summed E-state index contributed by atoms with van der Waals surface area (Å²) in [7, 11) is 0. The molecule has 0 saturated carbocycles. The van der Waals surface area contributed by atoms with Crippen LogP contribution >= 0.6 is 23.4 Å². The van der Waals surface area contributed by atoms with Crippen molar-refractivity contribution in [2.45, 2.75) is 17.3 Å². The lowest BCUT2D eigenvalue weighted by Crippen LogP contribution is -1.88. The van der Waals surface area contributed by atoms with Crippen LogP contribution in [0.4, 0.5) is 0 Å². The summed E-state index contributed by atoms with van der Waals surface area (Å²) < 4.78 is 0. The molecule has 0 amide bonds. The maximum atomic E-state index is 9.25. The van der Waals surface area contributed by atoms with E-state index in [-0.39, 0.29) is 6.61 Å². The summed E-state index contributed by atoms with van der Waals surface area (Å²) in [5, 5.41) is 9.96. The number of aliphatic hydroxyl groups excluding tert-OH is 1. The molecule has 0 aliphatic rings. The lowest BCUT2D eigenvalue weighted by molar-refractivity contribution is 0.279. The summed E-state index contributed by atoms with van der Waals surface area (Å²) in [6.45, 7) is 0.0499. The van der Waals surface area contributed by atoms with Crippen LogP contribution in [0.2, 0.25) is 5.02 Å². The highest BCUT2D eigenvalue weighted by molar-refractivity contribution is 7.98. The van der Waals surface area contributed by atoms with Crippen molar-refractivity contribution >= 4 is 23.4 Å². The summed E-state index contributed by atoms with van der Waals surface area (Å²) in [5.41, 5.74) is 2.19. The number of rotatable bonds is 4. The highest BCUT2D eigenvalue weighted by Crippen LogP contribution is 2.29. The smallest absolute Gasteiger partial charge is 0.0692 e. The van der Waals surface area contributed by atoms with Crippen molar-refractivity contribution in [3.05, 3.63) is 64.7 Å². The lowest BCUT2D eigenvalue weighted by atomic mass is 10.2. The third kappa shape index (κ3) is 3.50. The SMILES string of the molecule is OCc1ccc(Cl)cc1SCc1ccccc1. The minimum Gasteiger partial charge on any atom is -0.392 e. The van der Waals surface area contributed by atoms with Gasteiger partial charge in [0, 0.05) is 15.7 Å². The Bertz CT molecular complexity index is 485. The molecule has 2 aromatic rings. The fourth-order valence-electron chi connectivity index (χ4n) is 1.53. The van der Waals surface area contributed by atoms with E-state index in [1.807, 2.05) is 30.3 Å². The van der Waals surface area contributed by atoms with Crippen LogP contribution in [0.15, 0.2) is 53.4 Å². The summed E-state index contributed by atoms with van der Waals surface area (Å²) in [5.74, 6) is 0.883. The van der Waals surface area contributed by atoms with Gasteiger partial charge >= 0.3 is 0 Å². The Morgan fingerprint density at radius 3 is 2.53 bits per heavy atom. The van der Waals surface area contributed by atoms with Crippen LogP contribution in [-0.2, 0) is 12.4 Å². The molecule has 2 rings (SSSR count). The zero-order chi connectivity index (χ0) is 12.1. The normalized spacial score (nSPS) is 10.5. The van der Waals surface area contributed by atoms with Gasteiger partial charge in [-0.05, 0) is 23.3 Å². The minimum atomic E-state index is 0.0499. The second-order valence-electron chi connectivity index (χ2n) is 3.68. The second kappa shape index (κ2) is 6.10. The molecule has 17 heavy (non-hydrogen) atoms. The molecule has 0 aromatic heterocycles. The average molecular weight is 265 g/mol. The van der Waals surface area contributed by atoms with Gasteiger partial charge in [0.1, 0.15) is 0 Å². The molecule has 3 heteroatoms.